The smallest absolute Gasteiger partial charge is 0.307 e. The van der Waals surface area contributed by atoms with Gasteiger partial charge < -0.3 is 9.67 Å². The molecular weight excluding hydrogens is 214 g/mol. The van der Waals surface area contributed by atoms with E-state index in [9.17, 15) is 4.79 Å². The Morgan fingerprint density at radius 2 is 1.65 bits per heavy atom. The molecule has 2 aromatic rings. The van der Waals surface area contributed by atoms with Gasteiger partial charge in [-0.15, -0.1) is 0 Å². The number of benzene rings is 1. The molecule has 0 spiro atoms. The van der Waals surface area contributed by atoms with Crippen molar-refractivity contribution in [3.63, 3.8) is 0 Å². The Hall–Kier alpha value is -2.03. The van der Waals surface area contributed by atoms with Crippen molar-refractivity contribution in [1.82, 2.24) is 4.57 Å². The van der Waals surface area contributed by atoms with Crippen LogP contribution in [-0.2, 0) is 11.2 Å². The van der Waals surface area contributed by atoms with E-state index in [1.165, 1.54) is 11.1 Å². The summed E-state index contributed by atoms with van der Waals surface area (Å²) in [5.41, 5.74) is 4.37. The van der Waals surface area contributed by atoms with Gasteiger partial charge in [0.1, 0.15) is 0 Å². The van der Waals surface area contributed by atoms with E-state index in [-0.39, 0.29) is 6.42 Å². The third kappa shape index (κ3) is 2.56. The third-order valence-corrected chi connectivity index (χ3v) is 2.88. The molecule has 2 rings (SSSR count). The van der Waals surface area contributed by atoms with Crippen LogP contribution in [0.5, 0.6) is 0 Å². The topological polar surface area (TPSA) is 42.2 Å². The molecule has 1 heterocycles. The zero-order chi connectivity index (χ0) is 12.4. The fourth-order valence-corrected chi connectivity index (χ4v) is 1.77. The van der Waals surface area contributed by atoms with Crippen LogP contribution in [0.25, 0.3) is 5.69 Å². The molecule has 0 atom stereocenters. The number of carbonyl (C=O) groups is 1. The quantitative estimate of drug-likeness (QED) is 0.879. The van der Waals surface area contributed by atoms with Crippen LogP contribution in [-0.4, -0.2) is 15.6 Å². The van der Waals surface area contributed by atoms with Gasteiger partial charge in [0, 0.05) is 18.1 Å². The standard InChI is InChI=1S/C14H15NO2/c1-10-8-15(9-11(10)2)13-5-3-12(4-6-13)7-14(16)17/h3-6,8-9H,7H2,1-2H3,(H,16,17). The predicted octanol–water partition coefficient (Wildman–Crippen LogP) is 2.72. The number of aromatic nitrogens is 1. The molecule has 1 aromatic carbocycles. The van der Waals surface area contributed by atoms with Gasteiger partial charge in [-0.05, 0) is 42.7 Å². The number of hydrogen-bond acceptors (Lipinski definition) is 1. The molecule has 3 heteroatoms. The highest BCUT2D eigenvalue weighted by Crippen LogP contribution is 2.15. The molecule has 1 aromatic heterocycles. The van der Waals surface area contributed by atoms with Crippen molar-refractivity contribution in [3.05, 3.63) is 53.3 Å². The summed E-state index contributed by atoms with van der Waals surface area (Å²) in [4.78, 5) is 10.6. The molecule has 1 N–H and O–H groups in total. The predicted molar refractivity (Wildman–Crippen MR) is 66.6 cm³/mol. The van der Waals surface area contributed by atoms with Crippen LogP contribution in [0.1, 0.15) is 16.7 Å². The number of nitrogens with zero attached hydrogens (tertiary/aromatic N) is 1. The number of aryl methyl sites for hydroxylation is 2. The Labute approximate surface area is 100 Å². The van der Waals surface area contributed by atoms with Crippen molar-refractivity contribution < 1.29 is 9.90 Å². The summed E-state index contributed by atoms with van der Waals surface area (Å²) in [6.07, 6.45) is 4.22. The second-order valence-electron chi connectivity index (χ2n) is 4.27. The summed E-state index contributed by atoms with van der Waals surface area (Å²) in [5.74, 6) is -0.801. The van der Waals surface area contributed by atoms with Gasteiger partial charge in [-0.25, -0.2) is 0 Å². The van der Waals surface area contributed by atoms with Crippen LogP contribution >= 0.6 is 0 Å². The maximum absolute atomic E-state index is 10.6. The molecule has 0 aliphatic heterocycles. The van der Waals surface area contributed by atoms with Crippen LogP contribution in [0.3, 0.4) is 0 Å². The van der Waals surface area contributed by atoms with Gasteiger partial charge in [0.15, 0.2) is 0 Å². The highest BCUT2D eigenvalue weighted by atomic mass is 16.4. The Bertz CT molecular complexity index is 518. The Morgan fingerprint density at radius 1 is 1.12 bits per heavy atom. The van der Waals surface area contributed by atoms with Crippen LogP contribution in [0.15, 0.2) is 36.7 Å². The minimum absolute atomic E-state index is 0.0734. The van der Waals surface area contributed by atoms with Crippen LogP contribution in [0, 0.1) is 13.8 Å². The minimum Gasteiger partial charge on any atom is -0.481 e. The lowest BCUT2D eigenvalue weighted by Gasteiger charge is -2.03. The molecule has 0 amide bonds. The number of aliphatic carboxylic acids is 1. The van der Waals surface area contributed by atoms with Crippen molar-refractivity contribution in [2.75, 3.05) is 0 Å². The lowest BCUT2D eigenvalue weighted by Crippen LogP contribution is -2.00. The first-order chi connectivity index (χ1) is 8.06. The molecule has 3 nitrogen and oxygen atoms in total. The van der Waals surface area contributed by atoms with E-state index in [2.05, 4.69) is 30.8 Å². The summed E-state index contributed by atoms with van der Waals surface area (Å²) in [6, 6.07) is 7.59. The lowest BCUT2D eigenvalue weighted by molar-refractivity contribution is -0.136. The van der Waals surface area contributed by atoms with Gasteiger partial charge in [-0.2, -0.15) is 0 Å². The molecule has 0 radical (unpaired) electrons. The van der Waals surface area contributed by atoms with E-state index in [1.807, 2.05) is 24.3 Å². The second kappa shape index (κ2) is 4.45. The van der Waals surface area contributed by atoms with Crippen molar-refractivity contribution in [2.45, 2.75) is 20.3 Å². The summed E-state index contributed by atoms with van der Waals surface area (Å²) < 4.78 is 2.05. The number of rotatable bonds is 3. The molecule has 0 fully saturated rings. The first kappa shape index (κ1) is 11.5. The molecule has 0 aliphatic rings. The van der Waals surface area contributed by atoms with Gasteiger partial charge in [0.25, 0.3) is 0 Å². The van der Waals surface area contributed by atoms with Crippen LogP contribution < -0.4 is 0 Å². The second-order valence-corrected chi connectivity index (χ2v) is 4.27. The van der Waals surface area contributed by atoms with E-state index < -0.39 is 5.97 Å². The van der Waals surface area contributed by atoms with E-state index >= 15 is 0 Å². The monoisotopic (exact) mass is 229 g/mol. The van der Waals surface area contributed by atoms with Gasteiger partial charge >= 0.3 is 5.97 Å². The first-order valence-electron chi connectivity index (χ1n) is 5.52. The Morgan fingerprint density at radius 3 is 2.12 bits per heavy atom. The highest BCUT2D eigenvalue weighted by Gasteiger charge is 2.02. The maximum Gasteiger partial charge on any atom is 0.307 e. The van der Waals surface area contributed by atoms with Crippen molar-refractivity contribution in [3.8, 4) is 5.69 Å². The van der Waals surface area contributed by atoms with Gasteiger partial charge in [-0.3, -0.25) is 4.79 Å². The fourth-order valence-electron chi connectivity index (χ4n) is 1.77. The summed E-state index contributed by atoms with van der Waals surface area (Å²) in [5, 5.41) is 8.69. The Kier molecular flexibility index (Phi) is 3.00. The lowest BCUT2D eigenvalue weighted by atomic mass is 10.1. The summed E-state index contributed by atoms with van der Waals surface area (Å²) in [6.45, 7) is 4.15. The van der Waals surface area contributed by atoms with Gasteiger partial charge in [-0.1, -0.05) is 12.1 Å². The zero-order valence-corrected chi connectivity index (χ0v) is 9.97. The molecule has 0 bridgehead atoms. The van der Waals surface area contributed by atoms with Crippen molar-refractivity contribution in [1.29, 1.82) is 0 Å². The largest absolute Gasteiger partial charge is 0.481 e. The Balaban J connectivity index is 2.26. The average molecular weight is 229 g/mol. The fraction of sp³-hybridized carbons (Fsp3) is 0.214. The number of carboxylic acid groups (broad SMARTS) is 1. The number of carboxylic acids is 1. The molecule has 0 unspecified atom stereocenters. The molecule has 88 valence electrons. The van der Waals surface area contributed by atoms with Crippen LogP contribution in [0.4, 0.5) is 0 Å². The van der Waals surface area contributed by atoms with E-state index in [0.717, 1.165) is 11.3 Å². The van der Waals surface area contributed by atoms with E-state index in [0.29, 0.717) is 0 Å². The van der Waals surface area contributed by atoms with Gasteiger partial charge in [0.05, 0.1) is 6.42 Å². The zero-order valence-electron chi connectivity index (χ0n) is 9.97. The molecule has 0 saturated carbocycles. The third-order valence-electron chi connectivity index (χ3n) is 2.88. The highest BCUT2D eigenvalue weighted by molar-refractivity contribution is 5.70. The van der Waals surface area contributed by atoms with Gasteiger partial charge in [0.2, 0.25) is 0 Å². The normalized spacial score (nSPS) is 10.5. The molecule has 0 saturated heterocycles. The first-order valence-corrected chi connectivity index (χ1v) is 5.52. The SMILES string of the molecule is Cc1cn(-c2ccc(CC(=O)O)cc2)cc1C. The average Bonchev–Trinajstić information content (AvgIpc) is 2.59. The van der Waals surface area contributed by atoms with Crippen molar-refractivity contribution >= 4 is 5.97 Å². The molecule has 17 heavy (non-hydrogen) atoms. The van der Waals surface area contributed by atoms with Crippen molar-refractivity contribution in [2.24, 2.45) is 0 Å². The maximum atomic E-state index is 10.6. The molecule has 0 aliphatic carbocycles. The summed E-state index contributed by atoms with van der Waals surface area (Å²) in [7, 11) is 0. The summed E-state index contributed by atoms with van der Waals surface area (Å²) >= 11 is 0. The van der Waals surface area contributed by atoms with E-state index in [4.69, 9.17) is 5.11 Å². The molecular formula is C14H15NO2. The van der Waals surface area contributed by atoms with Crippen LogP contribution in [0.2, 0.25) is 0 Å². The number of hydrogen-bond donors (Lipinski definition) is 1. The van der Waals surface area contributed by atoms with E-state index in [1.54, 1.807) is 0 Å². The minimum atomic E-state index is -0.801.